The molecule has 4 unspecified atom stereocenters. The van der Waals surface area contributed by atoms with Crippen molar-refractivity contribution in [3.8, 4) is 0 Å². The van der Waals surface area contributed by atoms with Crippen LogP contribution in [0.25, 0.3) is 0 Å². The third kappa shape index (κ3) is 2.57. The molecule has 0 aromatic rings. The molecule has 2 heteroatoms. The number of likely N-dealkylation sites (tertiary alicyclic amines) is 1. The molecule has 0 saturated carbocycles. The topological polar surface area (TPSA) is 20.3 Å². The van der Waals surface area contributed by atoms with Crippen LogP contribution in [0.4, 0.5) is 0 Å². The van der Waals surface area contributed by atoms with E-state index in [0.29, 0.717) is 18.3 Å². The summed E-state index contributed by atoms with van der Waals surface area (Å²) in [5.74, 6) is 1.03. The Balaban J connectivity index is 3.01. The Morgan fingerprint density at radius 1 is 1.47 bits per heavy atom. The molecular weight excluding hydrogens is 210 g/mol. The predicted octanol–water partition coefficient (Wildman–Crippen LogP) is 3.19. The van der Waals surface area contributed by atoms with E-state index in [4.69, 9.17) is 6.92 Å². The van der Waals surface area contributed by atoms with Gasteiger partial charge in [-0.2, -0.15) is 0 Å². The van der Waals surface area contributed by atoms with Gasteiger partial charge in [0.05, 0.1) is 0 Å². The first-order valence-corrected chi connectivity index (χ1v) is 6.67. The van der Waals surface area contributed by atoms with Gasteiger partial charge in [0.25, 0.3) is 0 Å². The lowest BCUT2D eigenvalue weighted by atomic mass is 9.65. The van der Waals surface area contributed by atoms with Gasteiger partial charge >= 0.3 is 0 Å². The van der Waals surface area contributed by atoms with E-state index in [1.165, 1.54) is 0 Å². The summed E-state index contributed by atoms with van der Waals surface area (Å²) in [6, 6.07) is 0. The summed E-state index contributed by atoms with van der Waals surface area (Å²) < 4.78 is 0. The minimum atomic E-state index is -0.330. The van der Waals surface area contributed by atoms with Gasteiger partial charge < -0.3 is 4.79 Å². The van der Waals surface area contributed by atoms with E-state index in [1.807, 2.05) is 0 Å². The van der Waals surface area contributed by atoms with Crippen molar-refractivity contribution >= 4 is 5.78 Å². The number of piperidine rings is 1. The Kier molecular flexibility index (Phi) is 4.08. The van der Waals surface area contributed by atoms with E-state index < -0.39 is 0 Å². The maximum Gasteiger partial charge on any atom is 0.130 e. The maximum absolute atomic E-state index is 11.4. The number of hydrogen-bond acceptors (Lipinski definition) is 2. The summed E-state index contributed by atoms with van der Waals surface area (Å²) in [5.41, 5.74) is -0.223. The van der Waals surface area contributed by atoms with Crippen molar-refractivity contribution in [1.82, 2.24) is 4.90 Å². The highest BCUT2D eigenvalue weighted by atomic mass is 16.1. The average molecular weight is 237 g/mol. The largest absolute Gasteiger partial charge is 0.300 e. The highest BCUT2D eigenvalue weighted by molar-refractivity contribution is 5.75. The zero-order valence-corrected chi connectivity index (χ0v) is 12.2. The number of ketones is 1. The quantitative estimate of drug-likeness (QED) is 0.751. The van der Waals surface area contributed by atoms with Crippen molar-refractivity contribution in [3.05, 3.63) is 6.92 Å². The first-order chi connectivity index (χ1) is 7.65. The van der Waals surface area contributed by atoms with Gasteiger partial charge in [-0.15, -0.1) is 0 Å². The third-order valence-electron chi connectivity index (χ3n) is 5.17. The number of Topliss-reactive ketones (excluding diaryl/α,β-unsaturated/α-hetero) is 1. The first-order valence-electron chi connectivity index (χ1n) is 6.67. The Morgan fingerprint density at radius 2 is 2.00 bits per heavy atom. The molecule has 0 N–H and O–H groups in total. The highest BCUT2D eigenvalue weighted by Crippen LogP contribution is 2.46. The molecule has 2 radical (unpaired) electrons. The van der Waals surface area contributed by atoms with Gasteiger partial charge in [0.1, 0.15) is 5.78 Å². The van der Waals surface area contributed by atoms with Crippen molar-refractivity contribution in [1.29, 1.82) is 0 Å². The average Bonchev–Trinajstić information content (AvgIpc) is 2.23. The van der Waals surface area contributed by atoms with Crippen LogP contribution in [0.2, 0.25) is 0 Å². The van der Waals surface area contributed by atoms with E-state index in [1.54, 1.807) is 6.92 Å². The molecular formula is C15H27NO. The highest BCUT2D eigenvalue weighted by Gasteiger charge is 2.49. The molecule has 1 aliphatic heterocycles. The summed E-state index contributed by atoms with van der Waals surface area (Å²) in [4.78, 5) is 13.7. The van der Waals surface area contributed by atoms with E-state index >= 15 is 0 Å². The zero-order chi connectivity index (χ0) is 13.4. The number of nitrogens with zero attached hydrogens (tertiary/aromatic N) is 1. The first kappa shape index (κ1) is 14.7. The fourth-order valence-corrected chi connectivity index (χ4v) is 3.24. The molecule has 1 fully saturated rings. The van der Waals surface area contributed by atoms with Crippen LogP contribution in [-0.4, -0.2) is 28.8 Å². The van der Waals surface area contributed by atoms with E-state index in [9.17, 15) is 4.79 Å². The van der Waals surface area contributed by atoms with Gasteiger partial charge in [-0.3, -0.25) is 4.90 Å². The molecule has 1 saturated heterocycles. The van der Waals surface area contributed by atoms with Crippen LogP contribution in [0.3, 0.4) is 0 Å². The number of carbonyl (C=O) groups excluding carboxylic acids is 1. The Hall–Kier alpha value is -0.370. The standard InChI is InChI=1S/C15H27NO/c1-8-15(6)10-13(9-11(2)17)12(3)14(4,5)16(15)7/h4,12-13H,8-10H2,1-3,5-7H3. The van der Waals surface area contributed by atoms with Crippen molar-refractivity contribution in [2.75, 3.05) is 7.05 Å². The van der Waals surface area contributed by atoms with Crippen LogP contribution in [-0.2, 0) is 4.79 Å². The second kappa shape index (κ2) is 4.72. The minimum absolute atomic E-state index is 0.107. The lowest BCUT2D eigenvalue weighted by molar-refractivity contribution is -0.122. The predicted molar refractivity (Wildman–Crippen MR) is 71.7 cm³/mol. The molecule has 2 nitrogen and oxygen atoms in total. The van der Waals surface area contributed by atoms with Gasteiger partial charge in [-0.1, -0.05) is 13.8 Å². The summed E-state index contributed by atoms with van der Waals surface area (Å²) in [5, 5.41) is 0. The molecule has 0 spiro atoms. The van der Waals surface area contributed by atoms with Crippen LogP contribution in [0, 0.1) is 18.8 Å². The lowest BCUT2D eigenvalue weighted by Gasteiger charge is -2.58. The van der Waals surface area contributed by atoms with Crippen LogP contribution in [0.1, 0.15) is 53.9 Å². The van der Waals surface area contributed by atoms with Crippen molar-refractivity contribution in [3.63, 3.8) is 0 Å². The van der Waals surface area contributed by atoms with Crippen LogP contribution in [0.5, 0.6) is 0 Å². The van der Waals surface area contributed by atoms with Gasteiger partial charge in [-0.05, 0) is 59.4 Å². The summed E-state index contributed by atoms with van der Waals surface area (Å²) in [6.45, 7) is 16.9. The maximum atomic E-state index is 11.4. The molecule has 0 aliphatic carbocycles. The summed E-state index contributed by atoms with van der Waals surface area (Å²) in [6.07, 6.45) is 2.79. The van der Waals surface area contributed by atoms with Crippen LogP contribution < -0.4 is 0 Å². The molecule has 1 aliphatic rings. The summed E-state index contributed by atoms with van der Waals surface area (Å²) in [7, 11) is 2.12. The normalized spacial score (nSPS) is 38.1. The number of carbonyl (C=O) groups is 1. The van der Waals surface area contributed by atoms with Crippen LogP contribution in [0.15, 0.2) is 0 Å². The van der Waals surface area contributed by atoms with Gasteiger partial charge in [0, 0.05) is 17.5 Å². The smallest absolute Gasteiger partial charge is 0.130 e. The molecule has 0 aromatic carbocycles. The van der Waals surface area contributed by atoms with Crippen molar-refractivity contribution in [2.45, 2.75) is 65.0 Å². The monoisotopic (exact) mass is 237 g/mol. The number of rotatable bonds is 3. The number of hydrogen-bond donors (Lipinski definition) is 0. The Labute approximate surface area is 107 Å². The third-order valence-corrected chi connectivity index (χ3v) is 5.17. The molecule has 1 heterocycles. The van der Waals surface area contributed by atoms with E-state index in [0.717, 1.165) is 12.8 Å². The van der Waals surface area contributed by atoms with Gasteiger partial charge in [0.15, 0.2) is 0 Å². The molecule has 0 amide bonds. The fourth-order valence-electron chi connectivity index (χ4n) is 3.24. The molecule has 0 bridgehead atoms. The van der Waals surface area contributed by atoms with E-state index in [-0.39, 0.29) is 16.9 Å². The molecule has 1 rings (SSSR count). The minimum Gasteiger partial charge on any atom is -0.300 e. The zero-order valence-electron chi connectivity index (χ0n) is 12.2. The van der Waals surface area contributed by atoms with Crippen molar-refractivity contribution < 1.29 is 4.79 Å². The Morgan fingerprint density at radius 3 is 2.41 bits per heavy atom. The molecule has 0 aromatic heterocycles. The fraction of sp³-hybridized carbons (Fsp3) is 0.867. The van der Waals surface area contributed by atoms with E-state index in [2.05, 4.69) is 39.6 Å². The SMILES string of the molecule is [CH]C1(C)C(C)C(CC(C)=O)CC(C)(CC)N1C. The second-order valence-corrected chi connectivity index (χ2v) is 6.29. The molecule has 4 atom stereocenters. The molecule has 98 valence electrons. The summed E-state index contributed by atoms with van der Waals surface area (Å²) >= 11 is 0. The van der Waals surface area contributed by atoms with Crippen LogP contribution >= 0.6 is 0 Å². The lowest BCUT2D eigenvalue weighted by Crippen LogP contribution is -2.63. The van der Waals surface area contributed by atoms with Gasteiger partial charge in [-0.25, -0.2) is 0 Å². The Bertz CT molecular complexity index is 293. The molecule has 17 heavy (non-hydrogen) atoms. The van der Waals surface area contributed by atoms with Gasteiger partial charge in [0.2, 0.25) is 0 Å². The van der Waals surface area contributed by atoms with Crippen molar-refractivity contribution in [2.24, 2.45) is 11.8 Å². The second-order valence-electron chi connectivity index (χ2n) is 6.29.